The van der Waals surface area contributed by atoms with Crippen LogP contribution in [0.15, 0.2) is 0 Å². The average molecular weight is 653 g/mol. The first kappa shape index (κ1) is 44.3. The lowest BCUT2D eigenvalue weighted by molar-refractivity contribution is -0.128. The summed E-state index contributed by atoms with van der Waals surface area (Å²) in [6.07, 6.45) is 8.08. The highest BCUT2D eigenvalue weighted by atomic mass is 16.2. The van der Waals surface area contributed by atoms with Gasteiger partial charge in [0.05, 0.1) is 0 Å². The zero-order valence-electron chi connectivity index (χ0n) is 29.4. The summed E-state index contributed by atoms with van der Waals surface area (Å²) in [5, 5.41) is 54.0. The molecule has 9 N–H and O–H groups in total. The lowest BCUT2D eigenvalue weighted by Gasteiger charge is -2.33. The van der Waals surface area contributed by atoms with Crippen molar-refractivity contribution in [2.24, 2.45) is 5.92 Å². The van der Waals surface area contributed by atoms with Crippen LogP contribution in [0.2, 0.25) is 27.3 Å². The Morgan fingerprint density at radius 2 is 1.11 bits per heavy atom. The molecule has 0 rings (SSSR count). The molecule has 0 fully saturated rings. The Kier molecular flexibility index (Phi) is 26.3. The summed E-state index contributed by atoms with van der Waals surface area (Å²) < 4.78 is 0. The van der Waals surface area contributed by atoms with Gasteiger partial charge in [0.15, 0.2) is 0 Å². The molecule has 0 bridgehead atoms. The summed E-state index contributed by atoms with van der Waals surface area (Å²) in [6.45, 7) is 14.4. The van der Waals surface area contributed by atoms with Gasteiger partial charge in [-0.25, -0.2) is 0 Å². The van der Waals surface area contributed by atoms with Crippen molar-refractivity contribution in [3.63, 3.8) is 0 Å². The Balaban J connectivity index is 5.02. The average Bonchev–Trinajstić information content (AvgIpc) is 2.95. The second-order valence-corrected chi connectivity index (χ2v) is 12.5. The molecule has 0 aliphatic rings. The molecule has 0 spiro atoms. The molecular weight excluding hydrogens is 590 g/mol. The van der Waals surface area contributed by atoms with Gasteiger partial charge >= 0.3 is 28.2 Å². The second-order valence-electron chi connectivity index (χ2n) is 12.5. The van der Waals surface area contributed by atoms with E-state index in [-0.39, 0.29) is 30.2 Å². The minimum absolute atomic E-state index is 0.0343. The van der Waals surface area contributed by atoms with Gasteiger partial charge in [0.25, 0.3) is 0 Å². The molecule has 0 aliphatic heterocycles. The van der Waals surface area contributed by atoms with E-state index in [4.69, 9.17) is 0 Å². The van der Waals surface area contributed by atoms with Crippen molar-refractivity contribution in [3.05, 3.63) is 0 Å². The number of nitrogens with zero attached hydrogens (tertiary/aromatic N) is 2. The fraction of sp³-hybridized carbons (Fsp3) is 0.893. The molecule has 1 unspecified atom stereocenters. The number of carbonyl (C=O) groups is 3. The third-order valence-corrected chi connectivity index (χ3v) is 7.75. The van der Waals surface area contributed by atoms with Gasteiger partial charge in [0.1, 0.15) is 6.04 Å². The minimum Gasteiger partial charge on any atom is -0.437 e. The van der Waals surface area contributed by atoms with E-state index in [0.717, 1.165) is 70.9 Å². The maximum Gasteiger partial charge on any atom is 0.376 e. The Bertz CT molecular complexity index is 788. The van der Waals surface area contributed by atoms with Crippen LogP contribution >= 0.6 is 0 Å². The van der Waals surface area contributed by atoms with Gasteiger partial charge < -0.3 is 56.1 Å². The smallest absolute Gasteiger partial charge is 0.376 e. The zero-order chi connectivity index (χ0) is 34.9. The van der Waals surface area contributed by atoms with Gasteiger partial charge in [0.2, 0.25) is 17.7 Å². The predicted octanol–water partition coefficient (Wildman–Crippen LogP) is -0.905. The van der Waals surface area contributed by atoms with Crippen molar-refractivity contribution in [1.29, 1.82) is 0 Å². The highest BCUT2D eigenvalue weighted by Gasteiger charge is 2.25. The molecule has 14 nitrogen and oxygen atoms in total. The number of carbonyl (C=O) groups excluding carboxylic acids is 3. The monoisotopic (exact) mass is 654 g/mol. The molecule has 0 saturated carbocycles. The molecule has 0 radical (unpaired) electrons. The summed E-state index contributed by atoms with van der Waals surface area (Å²) >= 11 is 0. The normalized spacial score (nSPS) is 11.9. The third-order valence-electron chi connectivity index (χ3n) is 7.75. The maximum atomic E-state index is 12.5. The molecule has 0 aromatic rings. The molecule has 0 saturated heterocycles. The molecule has 0 aromatic heterocycles. The molecule has 46 heavy (non-hydrogen) atoms. The standard InChI is InChI=1S/C28H63B4N7O7/c1-24(40)34-21-27(37-25(2)41)28(42)33-16-10-8-7-9-15-26(22-38(31(5)45)19-13-11-17-35-29(3)43)23-39(32(6)46)20-14-12-18-36-30(4)44/h26-27,35-36,43-46H,7-23H2,1-6H3,(H,33,42)(H,34,40)(H,37,41). The van der Waals surface area contributed by atoms with Crippen LogP contribution in [0.4, 0.5) is 0 Å². The minimum atomic E-state index is -0.820. The van der Waals surface area contributed by atoms with Crippen molar-refractivity contribution in [3.8, 4) is 0 Å². The van der Waals surface area contributed by atoms with Crippen molar-refractivity contribution in [2.45, 2.75) is 105 Å². The van der Waals surface area contributed by atoms with Crippen molar-refractivity contribution in [2.75, 3.05) is 52.4 Å². The Morgan fingerprint density at radius 1 is 0.630 bits per heavy atom. The largest absolute Gasteiger partial charge is 0.437 e. The van der Waals surface area contributed by atoms with E-state index in [1.165, 1.54) is 13.8 Å². The van der Waals surface area contributed by atoms with Gasteiger partial charge in [-0.1, -0.05) is 19.3 Å². The van der Waals surface area contributed by atoms with Crippen molar-refractivity contribution in [1.82, 2.24) is 36.0 Å². The number of nitrogens with one attached hydrogen (secondary N) is 5. The first-order valence-corrected chi connectivity index (χ1v) is 17.2. The second kappa shape index (κ2) is 27.3. The summed E-state index contributed by atoms with van der Waals surface area (Å²) in [4.78, 5) is 39.4. The summed E-state index contributed by atoms with van der Waals surface area (Å²) in [7, 11) is -2.29. The number of hydrogen-bond acceptors (Lipinski definition) is 11. The Morgan fingerprint density at radius 3 is 1.54 bits per heavy atom. The number of unbranched alkanes of at least 4 members (excludes halogenated alkanes) is 5. The molecule has 3 amide bonds. The summed E-state index contributed by atoms with van der Waals surface area (Å²) in [6, 6.07) is -0.820. The number of hydrogen-bond donors (Lipinski definition) is 9. The Hall–Kier alpha value is -1.65. The number of amides is 3. The van der Waals surface area contributed by atoms with E-state index in [9.17, 15) is 34.5 Å². The van der Waals surface area contributed by atoms with E-state index >= 15 is 0 Å². The van der Waals surface area contributed by atoms with Crippen molar-refractivity contribution >= 4 is 45.9 Å². The summed E-state index contributed by atoms with van der Waals surface area (Å²) in [5.74, 6) is -0.722. The Labute approximate surface area is 279 Å². The molecule has 0 aliphatic carbocycles. The van der Waals surface area contributed by atoms with Gasteiger partial charge in [-0.15, -0.1) is 0 Å². The van der Waals surface area contributed by atoms with E-state index in [2.05, 4.69) is 36.0 Å². The predicted molar refractivity (Wildman–Crippen MR) is 189 cm³/mol. The van der Waals surface area contributed by atoms with Gasteiger partial charge in [0, 0.05) is 26.9 Å². The van der Waals surface area contributed by atoms with E-state index in [1.807, 2.05) is 0 Å². The first-order chi connectivity index (χ1) is 21.7. The molecule has 264 valence electrons. The van der Waals surface area contributed by atoms with Crippen LogP contribution in [0.5, 0.6) is 0 Å². The van der Waals surface area contributed by atoms with Crippen LogP contribution in [0.1, 0.15) is 71.6 Å². The van der Waals surface area contributed by atoms with Crippen LogP contribution in [0.25, 0.3) is 0 Å². The molecule has 0 heterocycles. The van der Waals surface area contributed by atoms with Gasteiger partial charge in [-0.3, -0.25) is 14.4 Å². The van der Waals surface area contributed by atoms with Crippen LogP contribution in [0, 0.1) is 5.92 Å². The first-order valence-electron chi connectivity index (χ1n) is 17.2. The van der Waals surface area contributed by atoms with E-state index < -0.39 is 34.2 Å². The molecule has 0 aromatic carbocycles. The lowest BCUT2D eigenvalue weighted by atomic mass is 9.80. The van der Waals surface area contributed by atoms with Crippen LogP contribution in [-0.2, 0) is 14.4 Å². The van der Waals surface area contributed by atoms with E-state index in [0.29, 0.717) is 32.7 Å². The van der Waals surface area contributed by atoms with Crippen LogP contribution in [0.3, 0.4) is 0 Å². The zero-order valence-corrected chi connectivity index (χ0v) is 29.4. The van der Waals surface area contributed by atoms with Gasteiger partial charge in [-0.05, 0) is 111 Å². The lowest BCUT2D eigenvalue weighted by Crippen LogP contribution is -2.52. The topological polar surface area (TPSA) is 199 Å². The maximum absolute atomic E-state index is 12.5. The molecular formula is C28H63B4N7O7. The SMILES string of the molecule is CB(O)NCCCCN(CC(CCCCCCNC(=O)C(CNC(C)=O)NC(C)=O)CN(CCCCNB(C)O)B(C)O)B(C)O. The summed E-state index contributed by atoms with van der Waals surface area (Å²) in [5.41, 5.74) is 0. The third kappa shape index (κ3) is 25.4. The highest BCUT2D eigenvalue weighted by molar-refractivity contribution is 6.46. The fourth-order valence-electron chi connectivity index (χ4n) is 5.21. The molecule has 1 atom stereocenters. The highest BCUT2D eigenvalue weighted by Crippen LogP contribution is 2.17. The fourth-order valence-corrected chi connectivity index (χ4v) is 5.21. The molecule has 18 heteroatoms. The van der Waals surface area contributed by atoms with Crippen LogP contribution in [-0.4, -0.2) is 134 Å². The number of rotatable bonds is 29. The quantitative estimate of drug-likeness (QED) is 0.0358. The van der Waals surface area contributed by atoms with Crippen LogP contribution < -0.4 is 26.4 Å². The van der Waals surface area contributed by atoms with Crippen molar-refractivity contribution < 1.29 is 34.5 Å². The van der Waals surface area contributed by atoms with Gasteiger partial charge in [-0.2, -0.15) is 0 Å². The van der Waals surface area contributed by atoms with E-state index in [1.54, 1.807) is 27.3 Å².